The highest BCUT2D eigenvalue weighted by Gasteiger charge is 2.12. The summed E-state index contributed by atoms with van der Waals surface area (Å²) in [5, 5.41) is 5.12. The van der Waals surface area contributed by atoms with Gasteiger partial charge in [-0.05, 0) is 34.5 Å². The fourth-order valence-corrected chi connectivity index (χ4v) is 3.35. The van der Waals surface area contributed by atoms with Crippen LogP contribution in [0.3, 0.4) is 0 Å². The minimum atomic E-state index is -0.410. The summed E-state index contributed by atoms with van der Waals surface area (Å²) in [5.41, 5.74) is 3.33. The summed E-state index contributed by atoms with van der Waals surface area (Å²) in [7, 11) is 0. The first-order valence-electron chi connectivity index (χ1n) is 7.28. The van der Waals surface area contributed by atoms with Gasteiger partial charge in [-0.1, -0.05) is 42.0 Å². The molecule has 0 aliphatic rings. The Bertz CT molecular complexity index is 877. The van der Waals surface area contributed by atoms with Crippen molar-refractivity contribution in [1.82, 2.24) is 4.98 Å². The average Bonchev–Trinajstić information content (AvgIpc) is 3.01. The van der Waals surface area contributed by atoms with Gasteiger partial charge in [-0.3, -0.25) is 4.79 Å². The predicted octanol–water partition coefficient (Wildman–Crippen LogP) is 5.20. The standard InChI is InChI=1S/C18H14BrFN2OS/c1-11-5-7-12(8-6-11)15-10-24-18(21-15)22-16(23)9-13-3-2-4-14(19)17(13)20/h2-8,10H,9H2,1H3,(H,21,22,23). The monoisotopic (exact) mass is 404 g/mol. The molecule has 3 rings (SSSR count). The number of halogens is 2. The van der Waals surface area contributed by atoms with Crippen molar-refractivity contribution in [2.24, 2.45) is 0 Å². The van der Waals surface area contributed by atoms with Crippen LogP contribution < -0.4 is 5.32 Å². The van der Waals surface area contributed by atoms with E-state index in [0.717, 1.165) is 11.3 Å². The summed E-state index contributed by atoms with van der Waals surface area (Å²) in [4.78, 5) is 16.5. The third-order valence-electron chi connectivity index (χ3n) is 3.48. The highest BCUT2D eigenvalue weighted by Crippen LogP contribution is 2.25. The Labute approximate surface area is 151 Å². The minimum absolute atomic E-state index is 0.0370. The van der Waals surface area contributed by atoms with Crippen LogP contribution >= 0.6 is 27.3 Å². The topological polar surface area (TPSA) is 42.0 Å². The van der Waals surface area contributed by atoms with Gasteiger partial charge >= 0.3 is 0 Å². The number of aryl methyl sites for hydroxylation is 1. The van der Waals surface area contributed by atoms with Crippen molar-refractivity contribution in [3.05, 3.63) is 69.3 Å². The van der Waals surface area contributed by atoms with E-state index < -0.39 is 5.82 Å². The minimum Gasteiger partial charge on any atom is -0.302 e. The van der Waals surface area contributed by atoms with Gasteiger partial charge in [0.2, 0.25) is 5.91 Å². The Kier molecular flexibility index (Phi) is 5.06. The number of aromatic nitrogens is 1. The average molecular weight is 405 g/mol. The third kappa shape index (κ3) is 3.88. The summed E-state index contributed by atoms with van der Waals surface area (Å²) in [6, 6.07) is 12.9. The molecule has 0 radical (unpaired) electrons. The molecule has 0 saturated carbocycles. The molecule has 6 heteroatoms. The Morgan fingerprint density at radius 2 is 2.00 bits per heavy atom. The van der Waals surface area contributed by atoms with Crippen molar-refractivity contribution in [3.63, 3.8) is 0 Å². The highest BCUT2D eigenvalue weighted by molar-refractivity contribution is 9.10. The second kappa shape index (κ2) is 7.23. The van der Waals surface area contributed by atoms with Crippen molar-refractivity contribution >= 4 is 38.3 Å². The summed E-state index contributed by atoms with van der Waals surface area (Å²) < 4.78 is 14.3. The normalized spacial score (nSPS) is 10.6. The fourth-order valence-electron chi connectivity index (χ4n) is 2.21. The molecule has 0 saturated heterocycles. The number of nitrogens with one attached hydrogen (secondary N) is 1. The van der Waals surface area contributed by atoms with Crippen LogP contribution in [0.1, 0.15) is 11.1 Å². The van der Waals surface area contributed by atoms with Crippen LogP contribution in [0.25, 0.3) is 11.3 Å². The molecule has 0 fully saturated rings. The Morgan fingerprint density at radius 3 is 2.75 bits per heavy atom. The molecule has 0 aliphatic carbocycles. The summed E-state index contributed by atoms with van der Waals surface area (Å²) in [5.74, 6) is -0.705. The van der Waals surface area contributed by atoms with E-state index in [1.54, 1.807) is 18.2 Å². The molecule has 24 heavy (non-hydrogen) atoms. The lowest BCUT2D eigenvalue weighted by atomic mass is 10.1. The maximum absolute atomic E-state index is 13.9. The molecular formula is C18H14BrFN2OS. The SMILES string of the molecule is Cc1ccc(-c2csc(NC(=O)Cc3cccc(Br)c3F)n2)cc1. The Morgan fingerprint density at radius 1 is 1.25 bits per heavy atom. The van der Waals surface area contributed by atoms with Gasteiger partial charge in [-0.25, -0.2) is 9.37 Å². The Hall–Kier alpha value is -2.05. The van der Waals surface area contributed by atoms with Crippen molar-refractivity contribution in [1.29, 1.82) is 0 Å². The van der Waals surface area contributed by atoms with Gasteiger partial charge in [0.05, 0.1) is 16.6 Å². The molecule has 0 bridgehead atoms. The number of carbonyl (C=O) groups is 1. The third-order valence-corrected chi connectivity index (χ3v) is 4.85. The molecule has 3 nitrogen and oxygen atoms in total. The van der Waals surface area contributed by atoms with Gasteiger partial charge in [-0.2, -0.15) is 0 Å². The molecule has 1 aromatic heterocycles. The van der Waals surface area contributed by atoms with Crippen LogP contribution in [-0.2, 0) is 11.2 Å². The number of nitrogens with zero attached hydrogens (tertiary/aromatic N) is 1. The van der Waals surface area contributed by atoms with Gasteiger partial charge in [-0.15, -0.1) is 11.3 Å². The van der Waals surface area contributed by atoms with Crippen LogP contribution in [0, 0.1) is 12.7 Å². The van der Waals surface area contributed by atoms with Crippen LogP contribution in [-0.4, -0.2) is 10.9 Å². The number of benzene rings is 2. The van der Waals surface area contributed by atoms with E-state index in [2.05, 4.69) is 26.2 Å². The van der Waals surface area contributed by atoms with Crippen LogP contribution in [0.2, 0.25) is 0 Å². The number of rotatable bonds is 4. The lowest BCUT2D eigenvalue weighted by Crippen LogP contribution is -2.15. The second-order valence-electron chi connectivity index (χ2n) is 5.34. The van der Waals surface area contributed by atoms with Crippen molar-refractivity contribution in [2.45, 2.75) is 13.3 Å². The summed E-state index contributed by atoms with van der Waals surface area (Å²) in [6.45, 7) is 2.03. The van der Waals surface area contributed by atoms with E-state index in [9.17, 15) is 9.18 Å². The van der Waals surface area contributed by atoms with E-state index in [0.29, 0.717) is 15.2 Å². The Balaban J connectivity index is 1.69. The van der Waals surface area contributed by atoms with E-state index >= 15 is 0 Å². The zero-order valence-electron chi connectivity index (χ0n) is 12.8. The first-order valence-corrected chi connectivity index (χ1v) is 8.95. The molecule has 3 aromatic rings. The van der Waals surface area contributed by atoms with Gasteiger partial charge < -0.3 is 5.32 Å². The fraction of sp³-hybridized carbons (Fsp3) is 0.111. The zero-order chi connectivity index (χ0) is 17.1. The largest absolute Gasteiger partial charge is 0.302 e. The molecule has 1 heterocycles. The molecule has 1 N–H and O–H groups in total. The van der Waals surface area contributed by atoms with E-state index in [1.165, 1.54) is 16.9 Å². The predicted molar refractivity (Wildman–Crippen MR) is 98.7 cm³/mol. The number of hydrogen-bond donors (Lipinski definition) is 1. The molecule has 0 atom stereocenters. The summed E-state index contributed by atoms with van der Waals surface area (Å²) >= 11 is 4.47. The summed E-state index contributed by atoms with van der Waals surface area (Å²) in [6.07, 6.45) is -0.0370. The van der Waals surface area contributed by atoms with E-state index in [-0.39, 0.29) is 12.3 Å². The first kappa shape index (κ1) is 16.8. The van der Waals surface area contributed by atoms with Crippen molar-refractivity contribution in [3.8, 4) is 11.3 Å². The molecule has 2 aromatic carbocycles. The van der Waals surface area contributed by atoms with Crippen LogP contribution in [0.5, 0.6) is 0 Å². The first-order chi connectivity index (χ1) is 11.5. The van der Waals surface area contributed by atoms with Crippen molar-refractivity contribution < 1.29 is 9.18 Å². The highest BCUT2D eigenvalue weighted by atomic mass is 79.9. The van der Waals surface area contributed by atoms with E-state index in [4.69, 9.17) is 0 Å². The molecule has 122 valence electrons. The van der Waals surface area contributed by atoms with Gasteiger partial charge in [0.15, 0.2) is 5.13 Å². The maximum atomic E-state index is 13.9. The van der Waals surface area contributed by atoms with Gasteiger partial charge in [0, 0.05) is 10.9 Å². The van der Waals surface area contributed by atoms with Gasteiger partial charge in [0.25, 0.3) is 0 Å². The van der Waals surface area contributed by atoms with Crippen LogP contribution in [0.15, 0.2) is 52.3 Å². The number of amides is 1. The number of thiazole rings is 1. The molecule has 1 amide bonds. The van der Waals surface area contributed by atoms with Gasteiger partial charge in [0.1, 0.15) is 5.82 Å². The number of anilines is 1. The van der Waals surface area contributed by atoms with Crippen molar-refractivity contribution in [2.75, 3.05) is 5.32 Å². The molecule has 0 aliphatic heterocycles. The smallest absolute Gasteiger partial charge is 0.230 e. The molecular weight excluding hydrogens is 391 g/mol. The second-order valence-corrected chi connectivity index (χ2v) is 7.05. The number of hydrogen-bond acceptors (Lipinski definition) is 3. The quantitative estimate of drug-likeness (QED) is 0.648. The van der Waals surface area contributed by atoms with E-state index in [1.807, 2.05) is 36.6 Å². The lowest BCUT2D eigenvalue weighted by molar-refractivity contribution is -0.115. The van der Waals surface area contributed by atoms with Crippen LogP contribution in [0.4, 0.5) is 9.52 Å². The number of carbonyl (C=O) groups excluding carboxylic acids is 1. The maximum Gasteiger partial charge on any atom is 0.230 e. The zero-order valence-corrected chi connectivity index (χ0v) is 15.2. The molecule has 0 unspecified atom stereocenters. The molecule has 0 spiro atoms. The lowest BCUT2D eigenvalue weighted by Gasteiger charge is -2.04.